The van der Waals surface area contributed by atoms with Crippen LogP contribution >= 0.6 is 11.8 Å². The average Bonchev–Trinajstić information content (AvgIpc) is 2.33. The molecule has 1 aliphatic heterocycles. The van der Waals surface area contributed by atoms with Gasteiger partial charge in [-0.1, -0.05) is 30.0 Å². The molecular formula is C13H12N2S. The molecule has 16 heavy (non-hydrogen) atoms. The molecule has 3 heteroatoms. The van der Waals surface area contributed by atoms with Crippen LogP contribution in [0.3, 0.4) is 0 Å². The van der Waals surface area contributed by atoms with Gasteiger partial charge in [-0.25, -0.2) is 0 Å². The predicted molar refractivity (Wildman–Crippen MR) is 68.6 cm³/mol. The molecule has 0 saturated carbocycles. The molecule has 0 bridgehead atoms. The number of hydrogen-bond donors (Lipinski definition) is 1. The molecule has 1 atom stereocenters. The van der Waals surface area contributed by atoms with Crippen LogP contribution in [0.4, 0.5) is 5.69 Å². The summed E-state index contributed by atoms with van der Waals surface area (Å²) in [6.45, 7) is 1.98. The fraction of sp³-hybridized carbons (Fsp3) is 0.154. The van der Waals surface area contributed by atoms with Gasteiger partial charge < -0.3 is 5.32 Å². The summed E-state index contributed by atoms with van der Waals surface area (Å²) >= 11 is 1.62. The quantitative estimate of drug-likeness (QED) is 0.837. The zero-order valence-electron chi connectivity index (χ0n) is 8.97. The highest BCUT2D eigenvalue weighted by molar-refractivity contribution is 8.06. The molecule has 2 nitrogen and oxygen atoms in total. The minimum atomic E-state index is -0.104. The first kappa shape index (κ1) is 10.8. The monoisotopic (exact) mass is 228 g/mol. The van der Waals surface area contributed by atoms with Crippen molar-refractivity contribution in [2.45, 2.75) is 6.92 Å². The van der Waals surface area contributed by atoms with Crippen LogP contribution in [0.5, 0.6) is 0 Å². The Morgan fingerprint density at radius 1 is 1.31 bits per heavy atom. The van der Waals surface area contributed by atoms with Crippen LogP contribution in [-0.4, -0.2) is 0 Å². The molecule has 0 aliphatic carbocycles. The van der Waals surface area contributed by atoms with Crippen LogP contribution in [-0.2, 0) is 0 Å². The number of para-hydroxylation sites is 1. The number of anilines is 1. The van der Waals surface area contributed by atoms with E-state index in [4.69, 9.17) is 5.26 Å². The highest BCUT2D eigenvalue weighted by Gasteiger charge is 2.13. The van der Waals surface area contributed by atoms with Gasteiger partial charge in [0.05, 0.1) is 17.0 Å². The minimum absolute atomic E-state index is 0.104. The summed E-state index contributed by atoms with van der Waals surface area (Å²) in [6.07, 6.45) is 1.97. The Labute approximate surface area is 99.7 Å². The lowest BCUT2D eigenvalue weighted by atomic mass is 10.0. The van der Waals surface area contributed by atoms with Gasteiger partial charge in [-0.15, -0.1) is 0 Å². The number of nitriles is 1. The second-order valence-electron chi connectivity index (χ2n) is 3.61. The second kappa shape index (κ2) is 4.91. The second-order valence-corrected chi connectivity index (χ2v) is 4.52. The van der Waals surface area contributed by atoms with Gasteiger partial charge >= 0.3 is 0 Å². The van der Waals surface area contributed by atoms with Crippen molar-refractivity contribution in [1.82, 2.24) is 0 Å². The number of allylic oxidation sites excluding steroid dienone is 2. The predicted octanol–water partition coefficient (Wildman–Crippen LogP) is 3.73. The average molecular weight is 228 g/mol. The molecule has 1 aromatic carbocycles. The first-order valence-electron chi connectivity index (χ1n) is 5.06. The summed E-state index contributed by atoms with van der Waals surface area (Å²) in [5.74, 6) is -0.104. The fourth-order valence-electron chi connectivity index (χ4n) is 1.43. The topological polar surface area (TPSA) is 35.8 Å². The van der Waals surface area contributed by atoms with Crippen molar-refractivity contribution in [1.29, 1.82) is 5.26 Å². The lowest BCUT2D eigenvalue weighted by Gasteiger charge is -2.16. The Balaban J connectivity index is 2.11. The van der Waals surface area contributed by atoms with Crippen molar-refractivity contribution in [3.05, 3.63) is 52.4 Å². The highest BCUT2D eigenvalue weighted by Crippen LogP contribution is 2.30. The number of nitrogens with one attached hydrogen (secondary N) is 1. The van der Waals surface area contributed by atoms with Gasteiger partial charge in [0, 0.05) is 5.69 Å². The van der Waals surface area contributed by atoms with Gasteiger partial charge in [0.2, 0.25) is 0 Å². The lowest BCUT2D eigenvalue weighted by Crippen LogP contribution is -2.04. The first-order chi connectivity index (χ1) is 7.79. The number of rotatable bonds is 2. The van der Waals surface area contributed by atoms with E-state index in [1.807, 2.05) is 48.7 Å². The standard InChI is InChI=1S/C13H12N2S/c1-10-9-16-13(7-11(10)8-14)15-12-5-3-2-4-6-12/h2-7,9,11,15H,1H3. The maximum Gasteiger partial charge on any atom is 0.0887 e. The van der Waals surface area contributed by atoms with Crippen LogP contribution in [0.1, 0.15) is 6.92 Å². The molecule has 1 N–H and O–H groups in total. The largest absolute Gasteiger partial charge is 0.350 e. The van der Waals surface area contributed by atoms with Gasteiger partial charge in [0.25, 0.3) is 0 Å². The zero-order chi connectivity index (χ0) is 11.4. The molecule has 0 fully saturated rings. The van der Waals surface area contributed by atoms with Crippen molar-refractivity contribution < 1.29 is 0 Å². The Hall–Kier alpha value is -1.66. The van der Waals surface area contributed by atoms with Crippen molar-refractivity contribution in [3.63, 3.8) is 0 Å². The minimum Gasteiger partial charge on any atom is -0.350 e. The third-order valence-electron chi connectivity index (χ3n) is 2.36. The van der Waals surface area contributed by atoms with E-state index in [1.165, 1.54) is 0 Å². The number of nitrogens with zero attached hydrogens (tertiary/aromatic N) is 1. The van der Waals surface area contributed by atoms with Crippen molar-refractivity contribution >= 4 is 17.4 Å². The molecule has 0 radical (unpaired) electrons. The van der Waals surface area contributed by atoms with Crippen LogP contribution in [0.2, 0.25) is 0 Å². The van der Waals surface area contributed by atoms with E-state index < -0.39 is 0 Å². The molecule has 0 amide bonds. The van der Waals surface area contributed by atoms with Crippen LogP contribution < -0.4 is 5.32 Å². The Morgan fingerprint density at radius 2 is 2.06 bits per heavy atom. The molecule has 0 saturated heterocycles. The van der Waals surface area contributed by atoms with E-state index in [-0.39, 0.29) is 5.92 Å². The zero-order valence-corrected chi connectivity index (χ0v) is 9.79. The Morgan fingerprint density at radius 3 is 2.75 bits per heavy atom. The molecule has 80 valence electrons. The van der Waals surface area contributed by atoms with Gasteiger partial charge in [-0.2, -0.15) is 5.26 Å². The third kappa shape index (κ3) is 2.47. The van der Waals surface area contributed by atoms with E-state index >= 15 is 0 Å². The van der Waals surface area contributed by atoms with Crippen LogP contribution in [0.25, 0.3) is 0 Å². The van der Waals surface area contributed by atoms with Gasteiger partial charge in [-0.3, -0.25) is 0 Å². The summed E-state index contributed by atoms with van der Waals surface area (Å²) in [7, 11) is 0. The van der Waals surface area contributed by atoms with Crippen LogP contribution in [0, 0.1) is 17.2 Å². The molecular weight excluding hydrogens is 216 g/mol. The molecule has 0 aromatic heterocycles. The van der Waals surface area contributed by atoms with E-state index in [9.17, 15) is 0 Å². The number of benzene rings is 1. The van der Waals surface area contributed by atoms with Crippen molar-refractivity contribution in [3.8, 4) is 6.07 Å². The summed E-state index contributed by atoms with van der Waals surface area (Å²) in [5.41, 5.74) is 2.15. The van der Waals surface area contributed by atoms with Gasteiger partial charge in [0.1, 0.15) is 0 Å². The van der Waals surface area contributed by atoms with Crippen molar-refractivity contribution in [2.75, 3.05) is 5.32 Å². The van der Waals surface area contributed by atoms with E-state index in [1.54, 1.807) is 11.8 Å². The molecule has 1 aliphatic rings. The fourth-order valence-corrected chi connectivity index (χ4v) is 2.28. The summed E-state index contributed by atoms with van der Waals surface area (Å²) in [5, 5.41) is 15.3. The number of thioether (sulfide) groups is 1. The van der Waals surface area contributed by atoms with E-state index in [0.29, 0.717) is 0 Å². The molecule has 1 heterocycles. The van der Waals surface area contributed by atoms with Gasteiger partial charge in [0.15, 0.2) is 0 Å². The van der Waals surface area contributed by atoms with E-state index in [0.717, 1.165) is 16.3 Å². The van der Waals surface area contributed by atoms with Crippen LogP contribution in [0.15, 0.2) is 52.4 Å². The first-order valence-corrected chi connectivity index (χ1v) is 5.94. The normalized spacial score (nSPS) is 19.4. The molecule has 2 rings (SSSR count). The highest BCUT2D eigenvalue weighted by atomic mass is 32.2. The Bertz CT molecular complexity index is 468. The third-order valence-corrected chi connectivity index (χ3v) is 3.34. The Kier molecular flexibility index (Phi) is 3.33. The lowest BCUT2D eigenvalue weighted by molar-refractivity contribution is 0.977. The molecule has 1 unspecified atom stereocenters. The van der Waals surface area contributed by atoms with Crippen molar-refractivity contribution in [2.24, 2.45) is 5.92 Å². The maximum absolute atomic E-state index is 8.97. The molecule has 1 aromatic rings. The summed E-state index contributed by atoms with van der Waals surface area (Å²) in [4.78, 5) is 0. The summed E-state index contributed by atoms with van der Waals surface area (Å²) < 4.78 is 0. The summed E-state index contributed by atoms with van der Waals surface area (Å²) in [6, 6.07) is 12.2. The number of hydrogen-bond acceptors (Lipinski definition) is 3. The maximum atomic E-state index is 8.97. The van der Waals surface area contributed by atoms with Gasteiger partial charge in [-0.05, 0) is 36.1 Å². The van der Waals surface area contributed by atoms with E-state index in [2.05, 4.69) is 11.4 Å². The smallest absolute Gasteiger partial charge is 0.0887 e. The molecule has 0 spiro atoms. The SMILES string of the molecule is CC1=CSC(Nc2ccccc2)=CC1C#N.